The number of aromatic nitrogens is 2. The van der Waals surface area contributed by atoms with Gasteiger partial charge in [-0.3, -0.25) is 0 Å². The first-order valence-electron chi connectivity index (χ1n) is 5.27. The van der Waals surface area contributed by atoms with Crippen molar-refractivity contribution in [2.24, 2.45) is 0 Å². The van der Waals surface area contributed by atoms with E-state index in [-0.39, 0.29) is 0 Å². The maximum absolute atomic E-state index is 4.40. The minimum Gasteiger partial charge on any atom is -0.346 e. The summed E-state index contributed by atoms with van der Waals surface area (Å²) in [6.07, 6.45) is 7.23. The lowest BCUT2D eigenvalue weighted by molar-refractivity contribution is 0.738. The van der Waals surface area contributed by atoms with E-state index in [0.717, 1.165) is 25.2 Å². The topological polar surface area (TPSA) is 40.7 Å². The summed E-state index contributed by atoms with van der Waals surface area (Å²) >= 11 is 0. The Morgan fingerprint density at radius 3 is 3.20 bits per heavy atom. The third-order valence-electron chi connectivity index (χ3n) is 2.83. The van der Waals surface area contributed by atoms with E-state index < -0.39 is 0 Å². The number of hydrogen-bond donors (Lipinski definition) is 2. The first-order valence-corrected chi connectivity index (χ1v) is 5.27. The maximum Gasteiger partial charge on any atom is 0.137 e. The van der Waals surface area contributed by atoms with Crippen molar-refractivity contribution in [3.8, 4) is 0 Å². The molecule has 2 N–H and O–H groups in total. The molecular weight excluding hydrogens is 186 g/mol. The van der Waals surface area contributed by atoms with Crippen molar-refractivity contribution in [3.05, 3.63) is 36.2 Å². The van der Waals surface area contributed by atoms with Crippen LogP contribution in [0.3, 0.4) is 0 Å². The smallest absolute Gasteiger partial charge is 0.137 e. The second kappa shape index (κ2) is 3.51. The van der Waals surface area contributed by atoms with Crippen molar-refractivity contribution in [2.45, 2.75) is 6.42 Å². The summed E-state index contributed by atoms with van der Waals surface area (Å²) < 4.78 is 0. The first kappa shape index (κ1) is 8.68. The molecule has 3 nitrogen and oxygen atoms in total. The molecule has 2 aromatic heterocycles. The third kappa shape index (κ3) is 1.55. The van der Waals surface area contributed by atoms with Crippen molar-refractivity contribution in [3.63, 3.8) is 0 Å². The highest BCUT2D eigenvalue weighted by molar-refractivity contribution is 5.80. The second-order valence-electron chi connectivity index (χ2n) is 3.82. The molecule has 0 amide bonds. The van der Waals surface area contributed by atoms with E-state index in [4.69, 9.17) is 0 Å². The molecule has 1 aliphatic rings. The quantitative estimate of drug-likeness (QED) is 0.737. The Kier molecular flexibility index (Phi) is 2.03. The van der Waals surface area contributed by atoms with Crippen molar-refractivity contribution < 1.29 is 0 Å². The predicted molar refractivity (Wildman–Crippen MR) is 61.6 cm³/mol. The van der Waals surface area contributed by atoms with Gasteiger partial charge in [0.05, 0.1) is 0 Å². The number of hydrogen-bond acceptors (Lipinski definition) is 2. The fourth-order valence-corrected chi connectivity index (χ4v) is 2.00. The number of fused-ring (bicyclic) bond motifs is 1. The zero-order valence-electron chi connectivity index (χ0n) is 8.46. The lowest BCUT2D eigenvalue weighted by Crippen LogP contribution is -2.20. The molecule has 3 rings (SSSR count). The van der Waals surface area contributed by atoms with Crippen LogP contribution in [0.15, 0.2) is 30.6 Å². The Bertz CT molecular complexity index is 510. The fourth-order valence-electron chi connectivity index (χ4n) is 2.00. The number of nitrogens with zero attached hydrogens (tertiary/aromatic N) is 1. The number of H-pyrrole nitrogens is 1. The Hall–Kier alpha value is -1.61. The molecule has 0 spiro atoms. The summed E-state index contributed by atoms with van der Waals surface area (Å²) in [4.78, 5) is 7.51. The molecule has 2 aromatic rings. The van der Waals surface area contributed by atoms with E-state index in [1.807, 2.05) is 12.4 Å². The van der Waals surface area contributed by atoms with Gasteiger partial charge in [0.1, 0.15) is 5.65 Å². The van der Waals surface area contributed by atoms with Gasteiger partial charge in [0.25, 0.3) is 0 Å². The average molecular weight is 199 g/mol. The minimum atomic E-state index is 0.966. The van der Waals surface area contributed by atoms with Crippen LogP contribution in [-0.2, 0) is 0 Å². The molecule has 15 heavy (non-hydrogen) atoms. The highest BCUT2D eigenvalue weighted by Gasteiger charge is 2.06. The minimum absolute atomic E-state index is 0.966. The molecule has 0 bridgehead atoms. The average Bonchev–Trinajstić information content (AvgIpc) is 2.77. The summed E-state index contributed by atoms with van der Waals surface area (Å²) in [5, 5.41) is 4.50. The maximum atomic E-state index is 4.40. The summed E-state index contributed by atoms with van der Waals surface area (Å²) in [5.74, 6) is 0. The standard InChI is InChI=1S/C12H13N3/c1-4-13-5-2-9(1)11-7-10-3-6-14-12(10)15-8-11/h1,3,6-8,13H,2,4-5H2,(H,14,15). The van der Waals surface area contributed by atoms with Gasteiger partial charge in [-0.15, -0.1) is 0 Å². The highest BCUT2D eigenvalue weighted by Crippen LogP contribution is 2.21. The van der Waals surface area contributed by atoms with Gasteiger partial charge >= 0.3 is 0 Å². The van der Waals surface area contributed by atoms with Crippen molar-refractivity contribution in [1.29, 1.82) is 0 Å². The van der Waals surface area contributed by atoms with Crippen LogP contribution in [0.5, 0.6) is 0 Å². The SMILES string of the molecule is C1=C(c2cnc3[nH]ccc3c2)CCNC1. The molecular formula is C12H13N3. The van der Waals surface area contributed by atoms with Crippen LogP contribution in [-0.4, -0.2) is 23.1 Å². The highest BCUT2D eigenvalue weighted by atomic mass is 14.9. The van der Waals surface area contributed by atoms with Crippen LogP contribution < -0.4 is 5.32 Å². The normalized spacial score (nSPS) is 16.7. The largest absolute Gasteiger partial charge is 0.346 e. The molecule has 0 radical (unpaired) electrons. The van der Waals surface area contributed by atoms with Crippen LogP contribution in [0.25, 0.3) is 16.6 Å². The van der Waals surface area contributed by atoms with Crippen LogP contribution in [0.2, 0.25) is 0 Å². The van der Waals surface area contributed by atoms with Gasteiger partial charge in [0.2, 0.25) is 0 Å². The Balaban J connectivity index is 2.06. The van der Waals surface area contributed by atoms with Crippen molar-refractivity contribution in [1.82, 2.24) is 15.3 Å². The molecule has 0 aliphatic carbocycles. The lowest BCUT2D eigenvalue weighted by Gasteiger charge is -2.13. The zero-order chi connectivity index (χ0) is 10.1. The van der Waals surface area contributed by atoms with Crippen molar-refractivity contribution in [2.75, 3.05) is 13.1 Å². The summed E-state index contributed by atoms with van der Waals surface area (Å²) in [6.45, 7) is 2.04. The van der Waals surface area contributed by atoms with Gasteiger partial charge in [-0.05, 0) is 36.2 Å². The number of aromatic amines is 1. The van der Waals surface area contributed by atoms with Gasteiger partial charge in [-0.2, -0.15) is 0 Å². The van der Waals surface area contributed by atoms with Gasteiger partial charge < -0.3 is 10.3 Å². The molecule has 0 aromatic carbocycles. The Morgan fingerprint density at radius 1 is 1.33 bits per heavy atom. The van der Waals surface area contributed by atoms with Crippen LogP contribution in [0.4, 0.5) is 0 Å². The zero-order valence-corrected chi connectivity index (χ0v) is 8.46. The molecule has 0 saturated heterocycles. The monoisotopic (exact) mass is 199 g/mol. The molecule has 0 fully saturated rings. The van der Waals surface area contributed by atoms with Crippen LogP contribution >= 0.6 is 0 Å². The second-order valence-corrected chi connectivity index (χ2v) is 3.82. The Labute approximate surface area is 88.2 Å². The van der Waals surface area contributed by atoms with E-state index in [2.05, 4.69) is 33.5 Å². The van der Waals surface area contributed by atoms with Crippen molar-refractivity contribution >= 4 is 16.6 Å². The molecule has 0 saturated carbocycles. The van der Waals surface area contributed by atoms with Gasteiger partial charge in [-0.25, -0.2) is 4.98 Å². The lowest BCUT2D eigenvalue weighted by atomic mass is 10.0. The Morgan fingerprint density at radius 2 is 2.33 bits per heavy atom. The van der Waals surface area contributed by atoms with E-state index in [1.54, 1.807) is 0 Å². The first-order chi connectivity index (χ1) is 7.43. The molecule has 3 heteroatoms. The molecule has 3 heterocycles. The van der Waals surface area contributed by atoms with Crippen LogP contribution in [0, 0.1) is 0 Å². The molecule has 1 aliphatic heterocycles. The summed E-state index contributed by atoms with van der Waals surface area (Å²) in [6, 6.07) is 4.27. The number of nitrogens with one attached hydrogen (secondary N) is 2. The van der Waals surface area contributed by atoms with Gasteiger partial charge in [-0.1, -0.05) is 6.08 Å². The number of pyridine rings is 1. The van der Waals surface area contributed by atoms with Gasteiger partial charge in [0.15, 0.2) is 0 Å². The molecule has 76 valence electrons. The fraction of sp³-hybridized carbons (Fsp3) is 0.250. The summed E-state index contributed by atoms with van der Waals surface area (Å²) in [7, 11) is 0. The van der Waals surface area contributed by atoms with Gasteiger partial charge in [0, 0.05) is 24.3 Å². The van der Waals surface area contributed by atoms with Crippen LogP contribution in [0.1, 0.15) is 12.0 Å². The number of rotatable bonds is 1. The van der Waals surface area contributed by atoms with E-state index in [0.29, 0.717) is 0 Å². The predicted octanol–water partition coefficient (Wildman–Crippen LogP) is 1.94. The van der Waals surface area contributed by atoms with E-state index in [9.17, 15) is 0 Å². The third-order valence-corrected chi connectivity index (χ3v) is 2.83. The van der Waals surface area contributed by atoms with E-state index >= 15 is 0 Å². The summed E-state index contributed by atoms with van der Waals surface area (Å²) in [5.41, 5.74) is 3.63. The van der Waals surface area contributed by atoms with E-state index in [1.165, 1.54) is 16.5 Å². The molecule has 0 atom stereocenters. The molecule has 0 unspecified atom stereocenters.